The van der Waals surface area contributed by atoms with Gasteiger partial charge in [0.2, 0.25) is 0 Å². The summed E-state index contributed by atoms with van der Waals surface area (Å²) >= 11 is 0. The first-order chi connectivity index (χ1) is 20.4. The van der Waals surface area contributed by atoms with Crippen molar-refractivity contribution in [1.82, 2.24) is 0 Å². The van der Waals surface area contributed by atoms with E-state index < -0.39 is 23.8 Å². The lowest BCUT2D eigenvalue weighted by molar-refractivity contribution is -0.151. The Hall–Kier alpha value is -1.32. The molecule has 0 bridgehead atoms. The fraction of sp³-hybridized carbons (Fsp3) is 0.895. The summed E-state index contributed by atoms with van der Waals surface area (Å²) in [6, 6.07) is 0. The number of carbonyl (C=O) groups is 2. The van der Waals surface area contributed by atoms with Crippen LogP contribution in [-0.4, -0.2) is 22.2 Å². The molecule has 0 aliphatic carbocycles. The van der Waals surface area contributed by atoms with Gasteiger partial charge in [0.1, 0.15) is 0 Å². The highest BCUT2D eigenvalue weighted by Crippen LogP contribution is 2.40. The van der Waals surface area contributed by atoms with Crippen molar-refractivity contribution in [3.63, 3.8) is 0 Å². The van der Waals surface area contributed by atoms with Crippen LogP contribution in [0, 0.1) is 23.7 Å². The monoisotopic (exact) mass is 593 g/mol. The molecule has 0 radical (unpaired) electrons. The van der Waals surface area contributed by atoms with Crippen molar-refractivity contribution in [2.24, 2.45) is 23.7 Å². The normalized spacial score (nSPS) is 14.4. The van der Waals surface area contributed by atoms with Gasteiger partial charge in [-0.05, 0) is 43.9 Å². The van der Waals surface area contributed by atoms with E-state index in [9.17, 15) is 19.8 Å². The van der Waals surface area contributed by atoms with Gasteiger partial charge in [0.05, 0.1) is 11.8 Å². The number of aliphatic carboxylic acids is 2. The van der Waals surface area contributed by atoms with Crippen LogP contribution in [0.4, 0.5) is 0 Å². The van der Waals surface area contributed by atoms with Gasteiger partial charge in [0.25, 0.3) is 0 Å². The molecule has 0 aliphatic rings. The fourth-order valence-electron chi connectivity index (χ4n) is 6.94. The van der Waals surface area contributed by atoms with Gasteiger partial charge in [-0.3, -0.25) is 9.59 Å². The summed E-state index contributed by atoms with van der Waals surface area (Å²) in [4.78, 5) is 25.5. The highest BCUT2D eigenvalue weighted by molar-refractivity contribution is 5.72. The topological polar surface area (TPSA) is 74.6 Å². The SMILES string of the molecule is C=CCCC(C(CCCCCCCCCC)C(=O)O)C(CCCCCCCC)C(CCCCCCCCCC)C(=O)O. The molecule has 248 valence electrons. The number of hydrogen-bond donors (Lipinski definition) is 2. The molecule has 0 aliphatic heterocycles. The zero-order valence-corrected chi connectivity index (χ0v) is 28.4. The van der Waals surface area contributed by atoms with Gasteiger partial charge >= 0.3 is 11.9 Å². The molecular formula is C38H72O4. The zero-order valence-electron chi connectivity index (χ0n) is 28.4. The number of allylic oxidation sites excluding steroid dienone is 1. The number of rotatable bonds is 33. The fourth-order valence-corrected chi connectivity index (χ4v) is 6.94. The highest BCUT2D eigenvalue weighted by atomic mass is 16.4. The molecule has 42 heavy (non-hydrogen) atoms. The Morgan fingerprint density at radius 3 is 1.07 bits per heavy atom. The molecule has 0 fully saturated rings. The molecule has 2 N–H and O–H groups in total. The third kappa shape index (κ3) is 21.4. The third-order valence-corrected chi connectivity index (χ3v) is 9.55. The van der Waals surface area contributed by atoms with Crippen molar-refractivity contribution in [2.45, 2.75) is 194 Å². The maximum Gasteiger partial charge on any atom is 0.306 e. The van der Waals surface area contributed by atoms with E-state index in [1.54, 1.807) is 0 Å². The minimum atomic E-state index is -0.726. The summed E-state index contributed by atoms with van der Waals surface area (Å²) in [6.07, 6.45) is 31.7. The lowest BCUT2D eigenvalue weighted by atomic mass is 9.68. The summed E-state index contributed by atoms with van der Waals surface area (Å²) in [5, 5.41) is 20.9. The van der Waals surface area contributed by atoms with Gasteiger partial charge in [0.15, 0.2) is 0 Å². The predicted octanol–water partition coefficient (Wildman–Crippen LogP) is 12.4. The largest absolute Gasteiger partial charge is 0.481 e. The molecule has 0 spiro atoms. The minimum Gasteiger partial charge on any atom is -0.481 e. The smallest absolute Gasteiger partial charge is 0.306 e. The number of carboxylic acids is 2. The standard InChI is InChI=1S/C38H72O4/c1-5-9-13-16-19-21-24-27-31-35(37(39)40)33(29-12-8-4)34(30-26-23-18-15-11-7-3)36(38(41)42)32-28-25-22-20-17-14-10-6-2/h8,33-36H,4-7,9-32H2,1-3H3,(H,39,40)(H,41,42). The Morgan fingerprint density at radius 1 is 0.476 bits per heavy atom. The van der Waals surface area contributed by atoms with Crippen LogP contribution in [-0.2, 0) is 9.59 Å². The average molecular weight is 593 g/mol. The van der Waals surface area contributed by atoms with Crippen LogP contribution in [0.1, 0.15) is 194 Å². The second-order valence-corrected chi connectivity index (χ2v) is 13.2. The maximum absolute atomic E-state index is 12.8. The first-order valence-corrected chi connectivity index (χ1v) is 18.5. The van der Waals surface area contributed by atoms with Crippen molar-refractivity contribution < 1.29 is 19.8 Å². The molecule has 0 aromatic carbocycles. The molecule has 0 amide bonds. The quantitative estimate of drug-likeness (QED) is 0.0587. The van der Waals surface area contributed by atoms with E-state index in [0.717, 1.165) is 57.8 Å². The second kappa shape index (κ2) is 29.7. The van der Waals surface area contributed by atoms with E-state index in [1.807, 2.05) is 6.08 Å². The van der Waals surface area contributed by atoms with Gasteiger partial charge in [-0.1, -0.05) is 168 Å². The molecular weight excluding hydrogens is 520 g/mol. The molecule has 0 aromatic rings. The van der Waals surface area contributed by atoms with Crippen LogP contribution >= 0.6 is 0 Å². The van der Waals surface area contributed by atoms with Gasteiger partial charge in [-0.2, -0.15) is 0 Å². The molecule has 0 rings (SSSR count). The molecule has 4 heteroatoms. The van der Waals surface area contributed by atoms with Crippen LogP contribution in [0.2, 0.25) is 0 Å². The van der Waals surface area contributed by atoms with Crippen molar-refractivity contribution in [2.75, 3.05) is 0 Å². The molecule has 4 unspecified atom stereocenters. The van der Waals surface area contributed by atoms with Crippen LogP contribution in [0.25, 0.3) is 0 Å². The van der Waals surface area contributed by atoms with Crippen LogP contribution in [0.3, 0.4) is 0 Å². The van der Waals surface area contributed by atoms with Crippen LogP contribution < -0.4 is 0 Å². The van der Waals surface area contributed by atoms with E-state index in [-0.39, 0.29) is 11.8 Å². The van der Waals surface area contributed by atoms with Crippen molar-refractivity contribution >= 4 is 11.9 Å². The second-order valence-electron chi connectivity index (χ2n) is 13.2. The Balaban J connectivity index is 5.50. The Bertz CT molecular complexity index is 631. The summed E-state index contributed by atoms with van der Waals surface area (Å²) in [7, 11) is 0. The first-order valence-electron chi connectivity index (χ1n) is 18.5. The average Bonchev–Trinajstić information content (AvgIpc) is 2.97. The lowest BCUT2D eigenvalue weighted by Gasteiger charge is -2.36. The van der Waals surface area contributed by atoms with Crippen molar-refractivity contribution in [3.05, 3.63) is 12.7 Å². The predicted molar refractivity (Wildman–Crippen MR) is 181 cm³/mol. The molecule has 0 saturated carbocycles. The summed E-state index contributed by atoms with van der Waals surface area (Å²) in [5.74, 6) is -2.53. The van der Waals surface area contributed by atoms with Crippen molar-refractivity contribution in [1.29, 1.82) is 0 Å². The minimum absolute atomic E-state index is 0.0756. The van der Waals surface area contributed by atoms with E-state index in [4.69, 9.17) is 0 Å². The Labute approximate surface area is 261 Å². The number of carboxylic acid groups (broad SMARTS) is 2. The molecule has 0 saturated heterocycles. The van der Waals surface area contributed by atoms with Crippen LogP contribution in [0.5, 0.6) is 0 Å². The van der Waals surface area contributed by atoms with Crippen molar-refractivity contribution in [3.8, 4) is 0 Å². The zero-order chi connectivity index (χ0) is 31.3. The first kappa shape index (κ1) is 40.7. The Kier molecular flexibility index (Phi) is 28.8. The van der Waals surface area contributed by atoms with Gasteiger partial charge in [-0.15, -0.1) is 6.58 Å². The molecule has 4 atom stereocenters. The third-order valence-electron chi connectivity index (χ3n) is 9.55. The summed E-state index contributed by atoms with van der Waals surface area (Å²) < 4.78 is 0. The van der Waals surface area contributed by atoms with Gasteiger partial charge < -0.3 is 10.2 Å². The summed E-state index contributed by atoms with van der Waals surface area (Å²) in [5.41, 5.74) is 0. The van der Waals surface area contributed by atoms with E-state index in [1.165, 1.54) is 103 Å². The molecule has 0 heterocycles. The summed E-state index contributed by atoms with van der Waals surface area (Å²) in [6.45, 7) is 10.6. The maximum atomic E-state index is 12.8. The number of hydrogen-bond acceptors (Lipinski definition) is 2. The van der Waals surface area contributed by atoms with E-state index in [2.05, 4.69) is 27.4 Å². The van der Waals surface area contributed by atoms with Crippen LogP contribution in [0.15, 0.2) is 12.7 Å². The van der Waals surface area contributed by atoms with E-state index >= 15 is 0 Å². The van der Waals surface area contributed by atoms with Gasteiger partial charge in [0, 0.05) is 0 Å². The number of unbranched alkanes of at least 4 members (excludes halogenated alkanes) is 19. The highest BCUT2D eigenvalue weighted by Gasteiger charge is 2.39. The Morgan fingerprint density at radius 2 is 0.762 bits per heavy atom. The van der Waals surface area contributed by atoms with Gasteiger partial charge in [-0.25, -0.2) is 0 Å². The van der Waals surface area contributed by atoms with E-state index in [0.29, 0.717) is 12.8 Å². The molecule has 4 nitrogen and oxygen atoms in total. The lowest BCUT2D eigenvalue weighted by Crippen LogP contribution is -2.37. The molecule has 0 aromatic heterocycles.